The van der Waals surface area contributed by atoms with Crippen LogP contribution in [0.25, 0.3) is 0 Å². The molecule has 0 spiro atoms. The number of hydrogen-bond acceptors (Lipinski definition) is 10. The fourth-order valence-electron chi connectivity index (χ4n) is 4.10. The van der Waals surface area contributed by atoms with Gasteiger partial charge in [0.25, 0.3) is 11.8 Å². The number of hydrogen-bond donors (Lipinski definition) is 1. The van der Waals surface area contributed by atoms with Crippen molar-refractivity contribution in [1.82, 2.24) is 4.90 Å². The summed E-state index contributed by atoms with van der Waals surface area (Å²) in [6.07, 6.45) is 1.76. The van der Waals surface area contributed by atoms with Crippen molar-refractivity contribution in [2.45, 2.75) is 39.5 Å². The molecule has 0 bridgehead atoms. The number of imide groups is 1. The number of carbonyl (C=O) groups is 5. The van der Waals surface area contributed by atoms with Gasteiger partial charge in [0, 0.05) is 32.2 Å². The van der Waals surface area contributed by atoms with Gasteiger partial charge in [-0.25, -0.2) is 0 Å². The molecule has 12 heteroatoms. The Hall–Kier alpha value is -4.61. The summed E-state index contributed by atoms with van der Waals surface area (Å²) in [6.45, 7) is 4.23. The Kier molecular flexibility index (Phi) is 10.5. The van der Waals surface area contributed by atoms with Gasteiger partial charge in [-0.15, -0.1) is 5.11 Å². The van der Waals surface area contributed by atoms with Crippen LogP contribution < -0.4 is 10.2 Å². The van der Waals surface area contributed by atoms with Crippen molar-refractivity contribution >= 4 is 52.4 Å². The average Bonchev–Trinajstić information content (AvgIpc) is 3.18. The third-order valence-corrected chi connectivity index (χ3v) is 6.25. The molecule has 2 aromatic rings. The number of methoxy groups -OCH3 is 2. The largest absolute Gasteiger partial charge is 0.469 e. The second kappa shape index (κ2) is 14.0. The first-order chi connectivity index (χ1) is 19.2. The Balaban J connectivity index is 1.88. The zero-order chi connectivity index (χ0) is 29.2. The first-order valence-corrected chi connectivity index (χ1v) is 12.9. The van der Waals surface area contributed by atoms with Gasteiger partial charge >= 0.3 is 11.9 Å². The van der Waals surface area contributed by atoms with E-state index in [4.69, 9.17) is 9.47 Å². The molecule has 0 aromatic heterocycles. The van der Waals surface area contributed by atoms with Crippen LogP contribution in [0.1, 0.15) is 60.2 Å². The van der Waals surface area contributed by atoms with Gasteiger partial charge in [-0.05, 0) is 42.8 Å². The third-order valence-electron chi connectivity index (χ3n) is 6.25. The Labute approximate surface area is 232 Å². The minimum Gasteiger partial charge on any atom is -0.469 e. The maximum atomic E-state index is 12.8. The van der Waals surface area contributed by atoms with Crippen molar-refractivity contribution in [3.8, 4) is 0 Å². The number of benzene rings is 2. The van der Waals surface area contributed by atoms with Gasteiger partial charge in [0.05, 0.1) is 49.6 Å². The molecule has 212 valence electrons. The van der Waals surface area contributed by atoms with Gasteiger partial charge < -0.3 is 19.7 Å². The Morgan fingerprint density at radius 1 is 0.900 bits per heavy atom. The molecule has 0 aliphatic carbocycles. The molecule has 0 unspecified atom stereocenters. The van der Waals surface area contributed by atoms with Crippen molar-refractivity contribution in [1.29, 1.82) is 0 Å². The predicted molar refractivity (Wildman–Crippen MR) is 147 cm³/mol. The van der Waals surface area contributed by atoms with Gasteiger partial charge in [0.1, 0.15) is 5.69 Å². The molecule has 40 heavy (non-hydrogen) atoms. The standard InChI is InChI=1S/C28H33N5O7/c1-5-6-13-33-27(37)21-9-7-19(16-22(21)28(33)38)30-31-23-10-8-20(17-24(23)29-18(2)34)32(14-11-25(35)39-3)15-12-26(36)40-4/h7-10,16-17H,5-6,11-15H2,1-4H3,(H,29,34). The monoisotopic (exact) mass is 551 g/mol. The number of amides is 3. The van der Waals surface area contributed by atoms with E-state index in [0.29, 0.717) is 34.9 Å². The van der Waals surface area contributed by atoms with E-state index in [1.54, 1.807) is 35.2 Å². The summed E-state index contributed by atoms with van der Waals surface area (Å²) in [5.41, 5.74) is 2.31. The highest BCUT2D eigenvalue weighted by atomic mass is 16.5. The van der Waals surface area contributed by atoms with E-state index in [0.717, 1.165) is 12.8 Å². The third kappa shape index (κ3) is 7.49. The van der Waals surface area contributed by atoms with Gasteiger partial charge in [-0.3, -0.25) is 28.9 Å². The van der Waals surface area contributed by atoms with Crippen LogP contribution in [-0.4, -0.2) is 68.4 Å². The van der Waals surface area contributed by atoms with E-state index in [-0.39, 0.29) is 49.2 Å². The molecule has 1 aliphatic rings. The fraction of sp³-hybridized carbons (Fsp3) is 0.393. The van der Waals surface area contributed by atoms with E-state index in [1.807, 2.05) is 6.92 Å². The quantitative estimate of drug-likeness (QED) is 0.219. The Morgan fingerprint density at radius 2 is 1.55 bits per heavy atom. The van der Waals surface area contributed by atoms with Crippen LogP contribution >= 0.6 is 0 Å². The first kappa shape index (κ1) is 29.9. The van der Waals surface area contributed by atoms with Gasteiger partial charge in [-0.1, -0.05) is 13.3 Å². The van der Waals surface area contributed by atoms with E-state index < -0.39 is 11.9 Å². The van der Waals surface area contributed by atoms with Crippen molar-refractivity contribution in [3.63, 3.8) is 0 Å². The number of ether oxygens (including phenoxy) is 2. The number of unbranched alkanes of at least 4 members (excludes halogenated alkanes) is 1. The summed E-state index contributed by atoms with van der Waals surface area (Å²) in [5.74, 6) is -1.81. The number of nitrogens with zero attached hydrogens (tertiary/aromatic N) is 4. The highest BCUT2D eigenvalue weighted by Gasteiger charge is 2.35. The zero-order valence-electron chi connectivity index (χ0n) is 23.1. The molecule has 2 aromatic carbocycles. The lowest BCUT2D eigenvalue weighted by atomic mass is 10.1. The first-order valence-electron chi connectivity index (χ1n) is 12.9. The maximum Gasteiger partial charge on any atom is 0.307 e. The van der Waals surface area contributed by atoms with Crippen LogP contribution in [0.3, 0.4) is 0 Å². The molecular weight excluding hydrogens is 518 g/mol. The molecule has 0 saturated carbocycles. The lowest BCUT2D eigenvalue weighted by Gasteiger charge is -2.25. The minimum atomic E-state index is -0.404. The molecule has 0 saturated heterocycles. The molecule has 3 rings (SSSR count). The van der Waals surface area contributed by atoms with Crippen molar-refractivity contribution in [3.05, 3.63) is 47.5 Å². The number of carbonyl (C=O) groups excluding carboxylic acids is 5. The predicted octanol–water partition coefficient (Wildman–Crippen LogP) is 4.39. The lowest BCUT2D eigenvalue weighted by Crippen LogP contribution is -2.30. The normalized spacial score (nSPS) is 12.4. The summed E-state index contributed by atoms with van der Waals surface area (Å²) in [6, 6.07) is 9.73. The summed E-state index contributed by atoms with van der Waals surface area (Å²) in [5, 5.41) is 11.2. The summed E-state index contributed by atoms with van der Waals surface area (Å²) >= 11 is 0. The number of azo groups is 1. The Morgan fingerprint density at radius 3 is 2.15 bits per heavy atom. The minimum absolute atomic E-state index is 0.0873. The van der Waals surface area contributed by atoms with Gasteiger partial charge in [-0.2, -0.15) is 5.11 Å². The average molecular weight is 552 g/mol. The molecule has 0 atom stereocenters. The molecular formula is C28H33N5O7. The highest BCUT2D eigenvalue weighted by Crippen LogP contribution is 2.33. The molecule has 3 amide bonds. The van der Waals surface area contributed by atoms with Crippen molar-refractivity contribution < 1.29 is 33.4 Å². The molecule has 1 heterocycles. The van der Waals surface area contributed by atoms with Crippen LogP contribution in [0.5, 0.6) is 0 Å². The SMILES string of the molecule is CCCCN1C(=O)c2ccc(N=Nc3ccc(N(CCC(=O)OC)CCC(=O)OC)cc3NC(C)=O)cc2C1=O. The molecule has 12 nitrogen and oxygen atoms in total. The molecule has 0 fully saturated rings. The zero-order valence-corrected chi connectivity index (χ0v) is 23.1. The number of fused-ring (bicyclic) bond motifs is 1. The molecule has 1 N–H and O–H groups in total. The van der Waals surface area contributed by atoms with Gasteiger partial charge in [0.2, 0.25) is 5.91 Å². The van der Waals surface area contributed by atoms with Crippen LogP contribution in [0, 0.1) is 0 Å². The van der Waals surface area contributed by atoms with E-state index in [2.05, 4.69) is 15.5 Å². The number of anilines is 2. The van der Waals surface area contributed by atoms with Crippen LogP contribution in [-0.2, 0) is 23.9 Å². The summed E-state index contributed by atoms with van der Waals surface area (Å²) in [7, 11) is 2.60. The highest BCUT2D eigenvalue weighted by molar-refractivity contribution is 6.21. The number of nitrogens with one attached hydrogen (secondary N) is 1. The molecule has 1 aliphatic heterocycles. The van der Waals surface area contributed by atoms with Gasteiger partial charge in [0.15, 0.2) is 0 Å². The summed E-state index contributed by atoms with van der Waals surface area (Å²) < 4.78 is 9.46. The maximum absolute atomic E-state index is 12.8. The second-order valence-corrected chi connectivity index (χ2v) is 9.07. The van der Waals surface area contributed by atoms with Crippen molar-refractivity contribution in [2.24, 2.45) is 10.2 Å². The number of esters is 2. The van der Waals surface area contributed by atoms with Crippen molar-refractivity contribution in [2.75, 3.05) is 44.1 Å². The number of rotatable bonds is 13. The second-order valence-electron chi connectivity index (χ2n) is 9.07. The van der Waals surface area contributed by atoms with Crippen LogP contribution in [0.15, 0.2) is 46.6 Å². The summed E-state index contributed by atoms with van der Waals surface area (Å²) in [4.78, 5) is 63.8. The van der Waals surface area contributed by atoms with E-state index >= 15 is 0 Å². The van der Waals surface area contributed by atoms with Crippen LogP contribution in [0.2, 0.25) is 0 Å². The van der Waals surface area contributed by atoms with E-state index in [1.165, 1.54) is 32.1 Å². The lowest BCUT2D eigenvalue weighted by molar-refractivity contribution is -0.140. The smallest absolute Gasteiger partial charge is 0.307 e. The van der Waals surface area contributed by atoms with E-state index in [9.17, 15) is 24.0 Å². The van der Waals surface area contributed by atoms with Crippen LogP contribution in [0.4, 0.5) is 22.7 Å². The fourth-order valence-corrected chi connectivity index (χ4v) is 4.10. The topological polar surface area (TPSA) is 147 Å². The molecule has 0 radical (unpaired) electrons. The Bertz CT molecular complexity index is 1300.